The molecule has 8 nitrogen and oxygen atoms in total. The van der Waals surface area contributed by atoms with E-state index in [1.165, 1.54) is 11.8 Å². The minimum atomic E-state index is -0.792. The first-order chi connectivity index (χ1) is 16.8. The van der Waals surface area contributed by atoms with Crippen molar-refractivity contribution in [1.82, 2.24) is 9.66 Å². The van der Waals surface area contributed by atoms with E-state index in [-0.39, 0.29) is 12.2 Å². The van der Waals surface area contributed by atoms with Crippen LogP contribution in [0.15, 0.2) is 44.7 Å². The summed E-state index contributed by atoms with van der Waals surface area (Å²) in [6.45, 7) is 5.73. The summed E-state index contributed by atoms with van der Waals surface area (Å²) in [5.74, 6) is 1.02. The highest BCUT2D eigenvalue weighted by Crippen LogP contribution is 2.34. The van der Waals surface area contributed by atoms with Crippen molar-refractivity contribution in [2.45, 2.75) is 46.1 Å². The highest BCUT2D eigenvalue weighted by molar-refractivity contribution is 14.1. The molecule has 0 aliphatic carbocycles. The second kappa shape index (κ2) is 12.5. The molecule has 0 fully saturated rings. The largest absolute Gasteiger partial charge is 0.493 e. The molecule has 0 saturated heterocycles. The second-order valence-corrected chi connectivity index (χ2v) is 9.78. The van der Waals surface area contributed by atoms with Gasteiger partial charge in [0.05, 0.1) is 34.4 Å². The highest BCUT2D eigenvalue weighted by atomic mass is 127. The average Bonchev–Trinajstić information content (AvgIpc) is 2.84. The third-order valence-electron chi connectivity index (χ3n) is 5.12. The molecule has 0 N–H and O–H groups in total. The van der Waals surface area contributed by atoms with E-state index >= 15 is 0 Å². The second-order valence-electron chi connectivity index (χ2n) is 7.70. The normalized spacial score (nSPS) is 12.2. The molecule has 0 bridgehead atoms. The van der Waals surface area contributed by atoms with Crippen molar-refractivity contribution in [3.63, 3.8) is 0 Å². The van der Waals surface area contributed by atoms with Gasteiger partial charge in [-0.2, -0.15) is 9.78 Å². The quantitative estimate of drug-likeness (QED) is 0.167. The molecule has 10 heteroatoms. The van der Waals surface area contributed by atoms with E-state index in [0.29, 0.717) is 40.2 Å². The van der Waals surface area contributed by atoms with Crippen LogP contribution in [-0.4, -0.2) is 41.7 Å². The van der Waals surface area contributed by atoms with Crippen LogP contribution in [0.3, 0.4) is 0 Å². The molecule has 186 valence electrons. The number of carbonyl (C=O) groups excluding carboxylic acids is 1. The smallest absolute Gasteiger partial charge is 0.347 e. The minimum absolute atomic E-state index is 0.233. The first-order valence-corrected chi connectivity index (χ1v) is 13.1. The van der Waals surface area contributed by atoms with Gasteiger partial charge in [0.15, 0.2) is 17.6 Å². The number of carbonyl (C=O) groups is 1. The summed E-state index contributed by atoms with van der Waals surface area (Å²) < 4.78 is 19.2. The van der Waals surface area contributed by atoms with Gasteiger partial charge in [-0.15, -0.1) is 0 Å². The van der Waals surface area contributed by atoms with Crippen LogP contribution in [0.4, 0.5) is 0 Å². The highest BCUT2D eigenvalue weighted by Gasteiger charge is 2.20. The van der Waals surface area contributed by atoms with E-state index in [1.54, 1.807) is 32.2 Å². The van der Waals surface area contributed by atoms with Gasteiger partial charge in [0.2, 0.25) is 0 Å². The third kappa shape index (κ3) is 6.60. The van der Waals surface area contributed by atoms with E-state index in [1.807, 2.05) is 18.2 Å². The van der Waals surface area contributed by atoms with Gasteiger partial charge >= 0.3 is 5.97 Å². The zero-order valence-corrected chi connectivity index (χ0v) is 23.8. The van der Waals surface area contributed by atoms with Gasteiger partial charge in [0, 0.05) is 10.9 Å². The molecule has 0 spiro atoms. The Morgan fingerprint density at radius 2 is 2.06 bits per heavy atom. The number of methoxy groups -OCH3 is 1. The number of fused-ring (bicyclic) bond motifs is 1. The van der Waals surface area contributed by atoms with Gasteiger partial charge in [-0.05, 0) is 78.8 Å². The van der Waals surface area contributed by atoms with E-state index in [9.17, 15) is 9.59 Å². The van der Waals surface area contributed by atoms with Gasteiger partial charge in [-0.1, -0.05) is 29.3 Å². The number of benzene rings is 2. The number of aryl methyl sites for hydroxylation is 1. The van der Waals surface area contributed by atoms with Gasteiger partial charge in [0.25, 0.3) is 5.56 Å². The lowest BCUT2D eigenvalue weighted by Crippen LogP contribution is -2.26. The van der Waals surface area contributed by atoms with Crippen molar-refractivity contribution in [2.24, 2.45) is 5.10 Å². The Morgan fingerprint density at radius 3 is 2.74 bits per heavy atom. The molecule has 3 aromatic rings. The Labute approximate surface area is 225 Å². The van der Waals surface area contributed by atoms with Crippen molar-refractivity contribution < 1.29 is 19.0 Å². The van der Waals surface area contributed by atoms with Gasteiger partial charge in [0.1, 0.15) is 5.82 Å². The summed E-state index contributed by atoms with van der Waals surface area (Å²) in [6.07, 6.45) is 3.29. The van der Waals surface area contributed by atoms with Crippen molar-refractivity contribution in [3.05, 3.63) is 60.1 Å². The summed E-state index contributed by atoms with van der Waals surface area (Å²) in [5, 5.41) is 4.98. The number of unbranched alkanes of at least 4 members (excludes halogenated alkanes) is 1. The van der Waals surface area contributed by atoms with Crippen LogP contribution >= 0.6 is 38.5 Å². The standard InChI is InChI=1S/C25H27BrIN3O5/c1-5-7-8-22-29-20-10-9-17(26)13-18(20)24(31)30(22)28-14-16-11-19(27)23(21(12-16)33-4)35-15(3)25(32)34-6-2/h9-15H,5-8H2,1-4H3/t15-/m1/s1. The maximum Gasteiger partial charge on any atom is 0.347 e. The molecular weight excluding hydrogens is 629 g/mol. The summed E-state index contributed by atoms with van der Waals surface area (Å²) in [6, 6.07) is 9.02. The molecule has 0 radical (unpaired) electrons. The maximum absolute atomic E-state index is 13.3. The molecule has 35 heavy (non-hydrogen) atoms. The molecule has 1 atom stereocenters. The first kappa shape index (κ1) is 27.1. The van der Waals surface area contributed by atoms with Crippen LogP contribution in [0.25, 0.3) is 10.9 Å². The molecule has 2 aromatic carbocycles. The van der Waals surface area contributed by atoms with Crippen LogP contribution in [0.5, 0.6) is 11.5 Å². The predicted molar refractivity (Wildman–Crippen MR) is 148 cm³/mol. The molecule has 3 rings (SSSR count). The molecule has 0 unspecified atom stereocenters. The SMILES string of the molecule is CCCCc1nc2ccc(Br)cc2c(=O)n1N=Cc1cc(I)c(O[C@H](C)C(=O)OCC)c(OC)c1. The maximum atomic E-state index is 13.3. The van der Waals surface area contributed by atoms with Crippen LogP contribution < -0.4 is 15.0 Å². The lowest BCUT2D eigenvalue weighted by atomic mass is 10.2. The van der Waals surface area contributed by atoms with Gasteiger partial charge in [-0.3, -0.25) is 4.79 Å². The Hall–Kier alpha value is -2.47. The van der Waals surface area contributed by atoms with Crippen molar-refractivity contribution >= 4 is 61.6 Å². The van der Waals surface area contributed by atoms with Gasteiger partial charge < -0.3 is 14.2 Å². The topological polar surface area (TPSA) is 92.0 Å². The monoisotopic (exact) mass is 655 g/mol. The Bertz CT molecular complexity index is 1310. The molecule has 0 aliphatic rings. The van der Waals surface area contributed by atoms with Gasteiger partial charge in [-0.25, -0.2) is 9.78 Å². The minimum Gasteiger partial charge on any atom is -0.493 e. The number of aromatic nitrogens is 2. The fourth-order valence-electron chi connectivity index (χ4n) is 3.35. The fraction of sp³-hybridized carbons (Fsp3) is 0.360. The number of esters is 1. The fourth-order valence-corrected chi connectivity index (χ4v) is 4.46. The lowest BCUT2D eigenvalue weighted by molar-refractivity contribution is -0.150. The van der Waals surface area contributed by atoms with Crippen LogP contribution in [-0.2, 0) is 16.0 Å². The number of halogens is 2. The first-order valence-electron chi connectivity index (χ1n) is 11.2. The molecular formula is C25H27BrIN3O5. The molecule has 0 saturated carbocycles. The number of ether oxygens (including phenoxy) is 3. The number of hydrogen-bond acceptors (Lipinski definition) is 7. The zero-order chi connectivity index (χ0) is 25.5. The van der Waals surface area contributed by atoms with Crippen LogP contribution in [0, 0.1) is 3.57 Å². The summed E-state index contributed by atoms with van der Waals surface area (Å²) in [7, 11) is 1.52. The van der Waals surface area contributed by atoms with E-state index in [0.717, 1.165) is 20.9 Å². The van der Waals surface area contributed by atoms with Crippen LogP contribution in [0.1, 0.15) is 45.0 Å². The van der Waals surface area contributed by atoms with Crippen molar-refractivity contribution in [2.75, 3.05) is 13.7 Å². The van der Waals surface area contributed by atoms with E-state index in [2.05, 4.69) is 50.5 Å². The summed E-state index contributed by atoms with van der Waals surface area (Å²) >= 11 is 5.53. The lowest BCUT2D eigenvalue weighted by Gasteiger charge is -2.17. The van der Waals surface area contributed by atoms with E-state index < -0.39 is 12.1 Å². The van der Waals surface area contributed by atoms with E-state index in [4.69, 9.17) is 19.2 Å². The molecule has 1 heterocycles. The summed E-state index contributed by atoms with van der Waals surface area (Å²) in [5.41, 5.74) is 1.11. The van der Waals surface area contributed by atoms with Crippen molar-refractivity contribution in [3.8, 4) is 11.5 Å². The number of nitrogens with zero attached hydrogens (tertiary/aromatic N) is 3. The van der Waals surface area contributed by atoms with Crippen LogP contribution in [0.2, 0.25) is 0 Å². The molecule has 0 amide bonds. The Morgan fingerprint density at radius 1 is 1.29 bits per heavy atom. The number of hydrogen-bond donors (Lipinski definition) is 0. The Balaban J connectivity index is 2.00. The third-order valence-corrected chi connectivity index (χ3v) is 6.41. The molecule has 0 aliphatic heterocycles. The predicted octanol–water partition coefficient (Wildman–Crippen LogP) is 5.33. The average molecular weight is 656 g/mol. The summed E-state index contributed by atoms with van der Waals surface area (Å²) in [4.78, 5) is 29.9. The molecule has 1 aromatic heterocycles. The zero-order valence-electron chi connectivity index (χ0n) is 20.0. The Kier molecular flexibility index (Phi) is 9.67. The van der Waals surface area contributed by atoms with Crippen molar-refractivity contribution in [1.29, 1.82) is 0 Å². The number of rotatable bonds is 10.